The van der Waals surface area contributed by atoms with Gasteiger partial charge < -0.3 is 0 Å². The maximum atomic E-state index is 9.25. The molecule has 1 aliphatic heterocycles. The summed E-state index contributed by atoms with van der Waals surface area (Å²) >= 11 is -0.0532. The fraction of sp³-hybridized carbons (Fsp3) is 1.00. The molecule has 1 rings (SSSR count). The number of rotatable bonds is 2. The Balaban J connectivity index is 2.53. The van der Waals surface area contributed by atoms with Crippen molar-refractivity contribution in [2.45, 2.75) is 21.8 Å². The molecule has 0 saturated carbocycles. The summed E-state index contributed by atoms with van der Waals surface area (Å²) < 4.78 is 0. The van der Waals surface area contributed by atoms with Crippen molar-refractivity contribution < 1.29 is 20.4 Å². The van der Waals surface area contributed by atoms with Crippen LogP contribution in [0.3, 0.4) is 0 Å². The van der Waals surface area contributed by atoms with Crippen LogP contribution in [0.4, 0.5) is 0 Å². The monoisotopic (exact) mass is 228 g/mol. The first kappa shape index (κ1) is 9.45. The average Bonchev–Trinajstić information content (AvgIpc) is 2.30. The summed E-state index contributed by atoms with van der Waals surface area (Å²) in [6.07, 6.45) is -1.70. The van der Waals surface area contributed by atoms with Crippen LogP contribution in [-0.2, 0) is 0 Å². The number of hydrogen-bond donors (Lipinski definition) is 4. The Morgan fingerprint density at radius 3 is 1.45 bits per heavy atom. The third kappa shape index (κ3) is 1.75. The first-order valence-corrected chi connectivity index (χ1v) is 5.41. The van der Waals surface area contributed by atoms with Crippen LogP contribution in [0.15, 0.2) is 0 Å². The molecule has 0 aromatic rings. The Hall–Kier alpha value is 0.359. The van der Waals surface area contributed by atoms with Gasteiger partial charge >= 0.3 is 70.4 Å². The molecule has 4 atom stereocenters. The van der Waals surface area contributed by atoms with Gasteiger partial charge in [0.15, 0.2) is 0 Å². The van der Waals surface area contributed by atoms with Gasteiger partial charge in [-0.05, 0) is 0 Å². The molecule has 0 radical (unpaired) electrons. The predicted molar refractivity (Wildman–Crippen MR) is 39.4 cm³/mol. The van der Waals surface area contributed by atoms with Gasteiger partial charge in [0.2, 0.25) is 0 Å². The molecule has 1 aliphatic rings. The number of hydrogen-bond acceptors (Lipinski definition) is 4. The maximum absolute atomic E-state index is 9.25. The van der Waals surface area contributed by atoms with E-state index in [1.165, 1.54) is 0 Å². The quantitative estimate of drug-likeness (QED) is 0.411. The van der Waals surface area contributed by atoms with Crippen molar-refractivity contribution >= 4 is 15.0 Å². The molecule has 1 saturated heterocycles. The molecule has 66 valence electrons. The number of aliphatic hydroxyl groups excluding tert-OH is 4. The van der Waals surface area contributed by atoms with Crippen molar-refractivity contribution in [2.75, 3.05) is 13.2 Å². The summed E-state index contributed by atoms with van der Waals surface area (Å²) in [6, 6.07) is 0. The molecule has 0 spiro atoms. The normalized spacial score (nSPS) is 44.7. The second-order valence-electron chi connectivity index (χ2n) is 2.56. The van der Waals surface area contributed by atoms with Gasteiger partial charge in [-0.1, -0.05) is 0 Å². The van der Waals surface area contributed by atoms with E-state index in [2.05, 4.69) is 0 Å². The van der Waals surface area contributed by atoms with Gasteiger partial charge in [-0.25, -0.2) is 0 Å². The van der Waals surface area contributed by atoms with Crippen molar-refractivity contribution in [1.82, 2.24) is 0 Å². The summed E-state index contributed by atoms with van der Waals surface area (Å²) in [6.45, 7) is -0.205. The van der Waals surface area contributed by atoms with Gasteiger partial charge in [-0.15, -0.1) is 0 Å². The minimum absolute atomic E-state index is 0.0532. The first-order valence-electron chi connectivity index (χ1n) is 3.44. The summed E-state index contributed by atoms with van der Waals surface area (Å²) in [5.74, 6) is 0. The van der Waals surface area contributed by atoms with Gasteiger partial charge in [0.05, 0.1) is 0 Å². The zero-order valence-electron chi connectivity index (χ0n) is 5.92. The van der Waals surface area contributed by atoms with Crippen LogP contribution in [0.2, 0.25) is 9.63 Å². The molecule has 4 nitrogen and oxygen atoms in total. The van der Waals surface area contributed by atoms with E-state index in [1.807, 2.05) is 0 Å². The molecule has 5 heteroatoms. The SMILES string of the molecule is OCC1[Se]C(CO)C(O)C1O. The third-order valence-corrected chi connectivity index (χ3v) is 5.08. The van der Waals surface area contributed by atoms with E-state index < -0.39 is 12.2 Å². The second kappa shape index (κ2) is 3.85. The van der Waals surface area contributed by atoms with Crippen LogP contribution in [0.1, 0.15) is 0 Å². The molecule has 0 bridgehead atoms. The standard InChI is InChI=1S/C6H12O4Se/c7-1-3-5(9)6(10)4(2-8)11-3/h3-10H,1-2H2. The molecular formula is C6H12O4Se. The van der Waals surface area contributed by atoms with Crippen molar-refractivity contribution in [3.63, 3.8) is 0 Å². The Kier molecular flexibility index (Phi) is 3.30. The molecule has 0 amide bonds. The molecule has 4 N–H and O–H groups in total. The summed E-state index contributed by atoms with van der Waals surface area (Å²) in [5, 5.41) is 36.0. The Morgan fingerprint density at radius 2 is 1.27 bits per heavy atom. The van der Waals surface area contributed by atoms with Crippen molar-refractivity contribution in [2.24, 2.45) is 0 Å². The first-order chi connectivity index (χ1) is 5.20. The summed E-state index contributed by atoms with van der Waals surface area (Å²) in [4.78, 5) is -0.427. The molecule has 11 heavy (non-hydrogen) atoms. The third-order valence-electron chi connectivity index (χ3n) is 1.82. The fourth-order valence-electron chi connectivity index (χ4n) is 1.13. The van der Waals surface area contributed by atoms with Crippen LogP contribution < -0.4 is 0 Å². The van der Waals surface area contributed by atoms with E-state index >= 15 is 0 Å². The Morgan fingerprint density at radius 1 is 0.909 bits per heavy atom. The molecule has 1 heterocycles. The average molecular weight is 227 g/mol. The molecule has 1 fully saturated rings. The van der Waals surface area contributed by atoms with E-state index in [4.69, 9.17) is 10.2 Å². The van der Waals surface area contributed by atoms with Crippen LogP contribution >= 0.6 is 0 Å². The summed E-state index contributed by atoms with van der Waals surface area (Å²) in [7, 11) is 0. The van der Waals surface area contributed by atoms with Gasteiger partial charge in [0.25, 0.3) is 0 Å². The van der Waals surface area contributed by atoms with E-state index in [9.17, 15) is 10.2 Å². The molecule has 4 unspecified atom stereocenters. The van der Waals surface area contributed by atoms with Crippen molar-refractivity contribution in [3.05, 3.63) is 0 Å². The van der Waals surface area contributed by atoms with Gasteiger partial charge in [0.1, 0.15) is 0 Å². The van der Waals surface area contributed by atoms with Gasteiger partial charge in [0, 0.05) is 0 Å². The second-order valence-corrected chi connectivity index (χ2v) is 5.67. The zero-order chi connectivity index (χ0) is 8.43. The van der Waals surface area contributed by atoms with E-state index in [-0.39, 0.29) is 37.8 Å². The topological polar surface area (TPSA) is 80.9 Å². The predicted octanol–water partition coefficient (Wildman–Crippen LogP) is -2.01. The van der Waals surface area contributed by atoms with Gasteiger partial charge in [-0.3, -0.25) is 0 Å². The van der Waals surface area contributed by atoms with Crippen molar-refractivity contribution in [3.8, 4) is 0 Å². The van der Waals surface area contributed by atoms with Crippen LogP contribution in [0.25, 0.3) is 0 Å². The molecule has 0 aromatic carbocycles. The molecule has 0 aliphatic carbocycles. The number of aliphatic hydroxyl groups is 4. The Bertz CT molecular complexity index is 114. The Labute approximate surface area is 71.0 Å². The zero-order valence-corrected chi connectivity index (χ0v) is 7.63. The minimum atomic E-state index is -0.850. The fourth-order valence-corrected chi connectivity index (χ4v) is 3.78. The van der Waals surface area contributed by atoms with E-state index in [1.54, 1.807) is 0 Å². The summed E-state index contributed by atoms with van der Waals surface area (Å²) in [5.41, 5.74) is 0. The van der Waals surface area contributed by atoms with Crippen LogP contribution in [-0.4, -0.2) is 60.8 Å². The van der Waals surface area contributed by atoms with Crippen LogP contribution in [0, 0.1) is 0 Å². The van der Waals surface area contributed by atoms with Crippen molar-refractivity contribution in [1.29, 1.82) is 0 Å². The van der Waals surface area contributed by atoms with Gasteiger partial charge in [-0.2, -0.15) is 0 Å². The molecular weight excluding hydrogens is 215 g/mol. The van der Waals surface area contributed by atoms with E-state index in [0.717, 1.165) is 0 Å². The molecule has 0 aromatic heterocycles. The van der Waals surface area contributed by atoms with Crippen LogP contribution in [0.5, 0.6) is 0 Å². The van der Waals surface area contributed by atoms with E-state index in [0.29, 0.717) is 0 Å².